The molecule has 3 aliphatic rings. The van der Waals surface area contributed by atoms with Crippen LogP contribution < -0.4 is 0 Å². The van der Waals surface area contributed by atoms with E-state index in [0.29, 0.717) is 17.7 Å². The molecule has 7 rings (SSSR count). The van der Waals surface area contributed by atoms with Gasteiger partial charge in [-0.1, -0.05) is 24.3 Å². The Morgan fingerprint density at radius 2 is 1.97 bits per heavy atom. The number of nitrogens with zero attached hydrogens (tertiary/aromatic N) is 4. The zero-order chi connectivity index (χ0) is 19.9. The van der Waals surface area contributed by atoms with Gasteiger partial charge in [-0.05, 0) is 70.5 Å². The summed E-state index contributed by atoms with van der Waals surface area (Å²) in [6.07, 6.45) is 7.72. The van der Waals surface area contributed by atoms with Crippen LogP contribution in [-0.4, -0.2) is 20.2 Å². The van der Waals surface area contributed by atoms with E-state index in [1.54, 1.807) is 6.20 Å². The van der Waals surface area contributed by atoms with Gasteiger partial charge in [-0.25, -0.2) is 9.97 Å². The monoisotopic (exact) mass is 504 g/mol. The number of hydrogen-bond acceptors (Lipinski definition) is 4. The Morgan fingerprint density at radius 3 is 2.73 bits per heavy atom. The fourth-order valence-corrected chi connectivity index (χ4v) is 5.46. The van der Waals surface area contributed by atoms with E-state index in [4.69, 9.17) is 9.41 Å². The predicted molar refractivity (Wildman–Crippen MR) is 122 cm³/mol. The minimum Gasteiger partial charge on any atom is -0.442 e. The molecular weight excluding hydrogens is 487 g/mol. The van der Waals surface area contributed by atoms with Crippen LogP contribution in [0.25, 0.3) is 17.1 Å². The summed E-state index contributed by atoms with van der Waals surface area (Å²) < 4.78 is 8.92. The summed E-state index contributed by atoms with van der Waals surface area (Å²) in [6.45, 7) is 0.536. The van der Waals surface area contributed by atoms with Crippen molar-refractivity contribution < 1.29 is 4.42 Å². The van der Waals surface area contributed by atoms with Gasteiger partial charge in [-0.2, -0.15) is 0 Å². The first kappa shape index (κ1) is 17.0. The van der Waals surface area contributed by atoms with Crippen molar-refractivity contribution >= 4 is 28.3 Å². The number of oxazole rings is 1. The lowest BCUT2D eigenvalue weighted by molar-refractivity contribution is 0.569. The van der Waals surface area contributed by atoms with Crippen LogP contribution in [0.15, 0.2) is 70.8 Å². The van der Waals surface area contributed by atoms with Crippen molar-refractivity contribution in [3.8, 4) is 17.1 Å². The number of fused-ring (bicyclic) bond motifs is 4. The van der Waals surface area contributed by atoms with Gasteiger partial charge in [0.2, 0.25) is 0 Å². The van der Waals surface area contributed by atoms with E-state index in [1.807, 2.05) is 6.33 Å². The number of benzene rings is 2. The Hall–Kier alpha value is -2.74. The molecule has 3 heterocycles. The summed E-state index contributed by atoms with van der Waals surface area (Å²) in [5, 5.41) is 0. The zero-order valence-electron chi connectivity index (χ0n) is 16.0. The average molecular weight is 504 g/mol. The van der Waals surface area contributed by atoms with Gasteiger partial charge < -0.3 is 4.42 Å². The Kier molecular flexibility index (Phi) is 3.35. The maximum atomic E-state index is 5.54. The van der Waals surface area contributed by atoms with E-state index in [0.717, 1.165) is 28.7 Å². The van der Waals surface area contributed by atoms with Crippen molar-refractivity contribution in [2.24, 2.45) is 10.9 Å². The van der Waals surface area contributed by atoms with Gasteiger partial charge >= 0.3 is 0 Å². The van der Waals surface area contributed by atoms with Crippen molar-refractivity contribution in [3.63, 3.8) is 0 Å². The van der Waals surface area contributed by atoms with Crippen LogP contribution in [0.4, 0.5) is 0 Å². The normalized spacial score (nSPS) is 23.1. The third kappa shape index (κ3) is 2.31. The van der Waals surface area contributed by atoms with E-state index in [-0.39, 0.29) is 0 Å². The van der Waals surface area contributed by atoms with Gasteiger partial charge in [0, 0.05) is 14.7 Å². The second kappa shape index (κ2) is 5.91. The number of imidazole rings is 1. The van der Waals surface area contributed by atoms with E-state index in [9.17, 15) is 0 Å². The first-order chi connectivity index (χ1) is 14.7. The van der Waals surface area contributed by atoms with E-state index < -0.39 is 0 Å². The smallest absolute Gasteiger partial charge is 0.181 e. The van der Waals surface area contributed by atoms with Gasteiger partial charge in [-0.15, -0.1) is 0 Å². The molecule has 6 heteroatoms. The number of hydrogen-bond donors (Lipinski definition) is 0. The van der Waals surface area contributed by atoms with Crippen molar-refractivity contribution in [2.75, 3.05) is 0 Å². The summed E-state index contributed by atoms with van der Waals surface area (Å²) in [4.78, 5) is 13.8. The molecule has 4 aromatic rings. The molecule has 0 bridgehead atoms. The average Bonchev–Trinajstić information content (AvgIpc) is 3.48. The Balaban J connectivity index is 1.47. The Labute approximate surface area is 187 Å². The molecule has 2 saturated carbocycles. The fourth-order valence-electron chi connectivity index (χ4n) is 4.81. The molecule has 0 unspecified atom stereocenters. The third-order valence-electron chi connectivity index (χ3n) is 6.82. The second-order valence-corrected chi connectivity index (χ2v) is 9.58. The van der Waals surface area contributed by atoms with Gasteiger partial charge in [0.1, 0.15) is 12.0 Å². The molecule has 0 spiro atoms. The van der Waals surface area contributed by atoms with Crippen LogP contribution >= 0.6 is 22.6 Å². The number of rotatable bonds is 3. The lowest BCUT2D eigenvalue weighted by Crippen LogP contribution is -2.10. The van der Waals surface area contributed by atoms with Crippen LogP contribution in [0.3, 0.4) is 0 Å². The molecule has 1 aliphatic heterocycles. The second-order valence-electron chi connectivity index (χ2n) is 8.41. The molecule has 0 atom stereocenters. The Bertz CT molecular complexity index is 1350. The molecule has 2 fully saturated rings. The molecule has 0 N–H and O–H groups in total. The minimum absolute atomic E-state index is 0.457. The fraction of sp³-hybridized carbons (Fsp3) is 0.208. The summed E-state index contributed by atoms with van der Waals surface area (Å²) in [6, 6.07) is 15.4. The standard InChI is InChI=1S/C24H17IN4O/c25-18-4-2-1-3-16(18)22-17-7-14(24-8-15(24)9-24)5-6-19(17)29-12-28-23(20(29)10-27-22)21-11-26-13-30-21/h1-7,11-13,15H,8-10H2. The molecule has 0 radical (unpaired) electrons. The van der Waals surface area contributed by atoms with Gasteiger partial charge in [0.05, 0.1) is 29.8 Å². The van der Waals surface area contributed by atoms with Gasteiger partial charge in [0.15, 0.2) is 12.2 Å². The SMILES string of the molecule is Ic1ccccc1C1=NCc2c(-c3cnco3)ncn2-c2ccc(C34CC3C4)cc21. The quantitative estimate of drug-likeness (QED) is 0.363. The first-order valence-electron chi connectivity index (χ1n) is 10.1. The zero-order valence-corrected chi connectivity index (χ0v) is 18.2. The van der Waals surface area contributed by atoms with Crippen molar-refractivity contribution in [1.82, 2.24) is 14.5 Å². The summed E-state index contributed by atoms with van der Waals surface area (Å²) in [5.74, 6) is 1.58. The maximum Gasteiger partial charge on any atom is 0.181 e. The highest BCUT2D eigenvalue weighted by atomic mass is 127. The van der Waals surface area contributed by atoms with E-state index >= 15 is 0 Å². The van der Waals surface area contributed by atoms with Crippen LogP contribution in [0.5, 0.6) is 0 Å². The molecule has 146 valence electrons. The minimum atomic E-state index is 0.457. The lowest BCUT2D eigenvalue weighted by atomic mass is 9.94. The molecular formula is C24H17IN4O. The molecule has 2 aliphatic carbocycles. The summed E-state index contributed by atoms with van der Waals surface area (Å²) in [5.41, 5.74) is 8.29. The van der Waals surface area contributed by atoms with Crippen LogP contribution in [0, 0.1) is 9.49 Å². The van der Waals surface area contributed by atoms with E-state index in [2.05, 4.69) is 79.6 Å². The number of aromatic nitrogens is 3. The predicted octanol–water partition coefficient (Wildman–Crippen LogP) is 5.14. The lowest BCUT2D eigenvalue weighted by Gasteiger charge is -2.15. The molecule has 2 aromatic heterocycles. The van der Waals surface area contributed by atoms with Crippen molar-refractivity contribution in [3.05, 3.63) is 87.3 Å². The first-order valence-corrected chi connectivity index (χ1v) is 11.2. The van der Waals surface area contributed by atoms with Crippen molar-refractivity contribution in [1.29, 1.82) is 0 Å². The van der Waals surface area contributed by atoms with Crippen LogP contribution in [-0.2, 0) is 12.0 Å². The van der Waals surface area contributed by atoms with Gasteiger partial charge in [0.25, 0.3) is 0 Å². The van der Waals surface area contributed by atoms with Crippen LogP contribution in [0.1, 0.15) is 35.2 Å². The number of halogens is 1. The topological polar surface area (TPSA) is 56.2 Å². The molecule has 2 aromatic carbocycles. The Morgan fingerprint density at radius 1 is 1.10 bits per heavy atom. The number of aliphatic imine (C=N–C) groups is 1. The highest BCUT2D eigenvalue weighted by molar-refractivity contribution is 14.1. The summed E-state index contributed by atoms with van der Waals surface area (Å²) >= 11 is 2.41. The molecule has 5 nitrogen and oxygen atoms in total. The highest BCUT2D eigenvalue weighted by Gasteiger charge is 2.70. The summed E-state index contributed by atoms with van der Waals surface area (Å²) in [7, 11) is 0. The van der Waals surface area contributed by atoms with E-state index in [1.165, 1.54) is 39.5 Å². The highest BCUT2D eigenvalue weighted by Crippen LogP contribution is 2.75. The van der Waals surface area contributed by atoms with Gasteiger partial charge in [-0.3, -0.25) is 9.56 Å². The maximum absolute atomic E-state index is 5.54. The molecule has 0 amide bonds. The van der Waals surface area contributed by atoms with Crippen LogP contribution in [0.2, 0.25) is 0 Å². The third-order valence-corrected chi connectivity index (χ3v) is 7.76. The molecule has 30 heavy (non-hydrogen) atoms. The largest absolute Gasteiger partial charge is 0.442 e. The molecule has 0 saturated heterocycles. The van der Waals surface area contributed by atoms with Crippen molar-refractivity contribution in [2.45, 2.75) is 24.8 Å².